The van der Waals surface area contributed by atoms with E-state index < -0.39 is 5.97 Å². The van der Waals surface area contributed by atoms with Gasteiger partial charge in [0.25, 0.3) is 0 Å². The van der Waals surface area contributed by atoms with Gasteiger partial charge < -0.3 is 14.7 Å². The minimum atomic E-state index is -1.00. The third-order valence-electron chi connectivity index (χ3n) is 2.95. The number of hydrogen-bond donors (Lipinski definition) is 1. The van der Waals surface area contributed by atoms with Gasteiger partial charge in [0.05, 0.1) is 30.4 Å². The summed E-state index contributed by atoms with van der Waals surface area (Å²) >= 11 is 0. The van der Waals surface area contributed by atoms with Gasteiger partial charge in [0.2, 0.25) is 0 Å². The van der Waals surface area contributed by atoms with Crippen LogP contribution in [-0.2, 0) is 9.57 Å². The summed E-state index contributed by atoms with van der Waals surface area (Å²) in [5.41, 5.74) is 1.55. The van der Waals surface area contributed by atoms with Gasteiger partial charge in [-0.05, 0) is 6.07 Å². The molecule has 1 aromatic rings. The number of hydrogen-bond acceptors (Lipinski definition) is 5. The zero-order valence-electron chi connectivity index (χ0n) is 8.87. The maximum Gasteiger partial charge on any atom is 0.337 e. The number of fused-ring (bicyclic) bond motifs is 1. The number of oxime groups is 1. The summed E-state index contributed by atoms with van der Waals surface area (Å²) in [6, 6.07) is 1.55. The Bertz CT molecular complexity index is 500. The molecule has 2 atom stereocenters. The molecule has 2 aliphatic heterocycles. The monoisotopic (exact) mass is 234 g/mol. The fourth-order valence-electron chi connectivity index (χ4n) is 2.05. The molecule has 6 heteroatoms. The van der Waals surface area contributed by atoms with E-state index in [0.717, 1.165) is 5.71 Å². The van der Waals surface area contributed by atoms with Crippen molar-refractivity contribution in [1.82, 2.24) is 4.98 Å². The standard InChI is InChI=1S/C11H10N2O4/c14-11(15)7-1-6(2-12-3-7)10-8-4-16-5-9(8)17-13-10/h1-3,8-9H,4-5H2,(H,14,15). The number of carboxylic acids is 1. The molecule has 0 radical (unpaired) electrons. The van der Waals surface area contributed by atoms with Crippen molar-refractivity contribution in [3.8, 4) is 0 Å². The lowest BCUT2D eigenvalue weighted by molar-refractivity contribution is 0.0558. The molecule has 88 valence electrons. The summed E-state index contributed by atoms with van der Waals surface area (Å²) in [5, 5.41) is 12.9. The van der Waals surface area contributed by atoms with Crippen molar-refractivity contribution < 1.29 is 19.5 Å². The average Bonchev–Trinajstić information content (AvgIpc) is 2.90. The second-order valence-corrected chi connectivity index (χ2v) is 4.03. The van der Waals surface area contributed by atoms with E-state index in [1.165, 1.54) is 6.20 Å². The molecule has 3 rings (SSSR count). The molecule has 0 spiro atoms. The van der Waals surface area contributed by atoms with E-state index >= 15 is 0 Å². The van der Waals surface area contributed by atoms with E-state index in [1.54, 1.807) is 12.3 Å². The molecule has 3 heterocycles. The molecule has 2 aliphatic rings. The lowest BCUT2D eigenvalue weighted by Crippen LogP contribution is -2.22. The number of carbonyl (C=O) groups is 1. The number of ether oxygens (including phenoxy) is 1. The van der Waals surface area contributed by atoms with Crippen LogP contribution in [0.15, 0.2) is 23.6 Å². The van der Waals surface area contributed by atoms with Gasteiger partial charge in [-0.3, -0.25) is 4.98 Å². The Kier molecular flexibility index (Phi) is 2.29. The van der Waals surface area contributed by atoms with Gasteiger partial charge in [0.1, 0.15) is 0 Å². The van der Waals surface area contributed by atoms with Crippen molar-refractivity contribution in [2.24, 2.45) is 11.1 Å². The lowest BCUT2D eigenvalue weighted by Gasteiger charge is -2.06. The molecule has 17 heavy (non-hydrogen) atoms. The van der Waals surface area contributed by atoms with Crippen LogP contribution in [0, 0.1) is 5.92 Å². The summed E-state index contributed by atoms with van der Waals surface area (Å²) in [7, 11) is 0. The lowest BCUT2D eigenvalue weighted by atomic mass is 9.95. The Morgan fingerprint density at radius 2 is 2.29 bits per heavy atom. The summed E-state index contributed by atoms with van der Waals surface area (Å²) in [6.07, 6.45) is 2.86. The first-order valence-electron chi connectivity index (χ1n) is 5.26. The highest BCUT2D eigenvalue weighted by Crippen LogP contribution is 2.28. The second kappa shape index (κ2) is 3.81. The SMILES string of the molecule is O=C(O)c1cncc(C2=NOC3COCC23)c1. The average molecular weight is 234 g/mol. The normalized spacial score (nSPS) is 26.2. The van der Waals surface area contributed by atoms with E-state index in [0.29, 0.717) is 18.8 Å². The van der Waals surface area contributed by atoms with Gasteiger partial charge in [-0.25, -0.2) is 4.79 Å². The molecule has 1 aromatic heterocycles. The summed E-state index contributed by atoms with van der Waals surface area (Å²) in [6.45, 7) is 1.09. The van der Waals surface area contributed by atoms with E-state index in [9.17, 15) is 4.79 Å². The molecule has 1 saturated heterocycles. The number of carboxylic acid groups (broad SMARTS) is 1. The van der Waals surface area contributed by atoms with Crippen LogP contribution in [0.4, 0.5) is 0 Å². The van der Waals surface area contributed by atoms with Crippen LogP contribution in [0.1, 0.15) is 15.9 Å². The third kappa shape index (κ3) is 1.66. The number of rotatable bonds is 2. The van der Waals surface area contributed by atoms with E-state index in [2.05, 4.69) is 10.1 Å². The number of pyridine rings is 1. The molecule has 0 aliphatic carbocycles. The van der Waals surface area contributed by atoms with Gasteiger partial charge >= 0.3 is 5.97 Å². The Morgan fingerprint density at radius 3 is 3.12 bits per heavy atom. The maximum atomic E-state index is 10.9. The third-order valence-corrected chi connectivity index (χ3v) is 2.95. The van der Waals surface area contributed by atoms with Crippen LogP contribution in [0.3, 0.4) is 0 Å². The van der Waals surface area contributed by atoms with Crippen molar-refractivity contribution in [1.29, 1.82) is 0 Å². The van der Waals surface area contributed by atoms with Crippen LogP contribution in [-0.4, -0.2) is 41.1 Å². The van der Waals surface area contributed by atoms with Crippen LogP contribution in [0.5, 0.6) is 0 Å². The first kappa shape index (κ1) is 10.2. The van der Waals surface area contributed by atoms with Gasteiger partial charge in [-0.1, -0.05) is 5.16 Å². The van der Waals surface area contributed by atoms with Crippen LogP contribution < -0.4 is 0 Å². The topological polar surface area (TPSA) is 81.0 Å². The summed E-state index contributed by atoms with van der Waals surface area (Å²) in [4.78, 5) is 20.0. The largest absolute Gasteiger partial charge is 0.478 e. The van der Waals surface area contributed by atoms with Gasteiger partial charge in [0, 0.05) is 18.0 Å². The molecule has 0 bridgehead atoms. The molecule has 1 fully saturated rings. The summed E-state index contributed by atoms with van der Waals surface area (Å²) in [5.74, 6) is -0.918. The Balaban J connectivity index is 1.94. The highest BCUT2D eigenvalue weighted by atomic mass is 16.7. The smallest absolute Gasteiger partial charge is 0.337 e. The van der Waals surface area contributed by atoms with E-state index in [-0.39, 0.29) is 17.6 Å². The Labute approximate surface area is 96.9 Å². The van der Waals surface area contributed by atoms with Crippen molar-refractivity contribution in [3.05, 3.63) is 29.6 Å². The van der Waals surface area contributed by atoms with Crippen molar-refractivity contribution in [2.45, 2.75) is 6.10 Å². The van der Waals surface area contributed by atoms with Gasteiger partial charge in [0.15, 0.2) is 6.10 Å². The predicted molar refractivity (Wildman–Crippen MR) is 56.9 cm³/mol. The van der Waals surface area contributed by atoms with Crippen molar-refractivity contribution >= 4 is 11.7 Å². The minimum absolute atomic E-state index is 0.0431. The number of aromatic nitrogens is 1. The second-order valence-electron chi connectivity index (χ2n) is 4.03. The Morgan fingerprint density at radius 1 is 1.41 bits per heavy atom. The molecular formula is C11H10N2O4. The first-order valence-corrected chi connectivity index (χ1v) is 5.26. The zero-order valence-corrected chi connectivity index (χ0v) is 8.87. The van der Waals surface area contributed by atoms with E-state index in [4.69, 9.17) is 14.7 Å². The first-order chi connectivity index (χ1) is 8.25. The fraction of sp³-hybridized carbons (Fsp3) is 0.364. The van der Waals surface area contributed by atoms with Crippen molar-refractivity contribution in [3.63, 3.8) is 0 Å². The number of nitrogens with zero attached hydrogens (tertiary/aromatic N) is 2. The van der Waals surface area contributed by atoms with Gasteiger partial charge in [-0.15, -0.1) is 0 Å². The van der Waals surface area contributed by atoms with E-state index in [1.807, 2.05) is 0 Å². The zero-order chi connectivity index (χ0) is 11.8. The van der Waals surface area contributed by atoms with Crippen LogP contribution in [0.2, 0.25) is 0 Å². The highest BCUT2D eigenvalue weighted by Gasteiger charge is 2.39. The molecule has 6 nitrogen and oxygen atoms in total. The molecule has 1 N–H and O–H groups in total. The molecular weight excluding hydrogens is 224 g/mol. The highest BCUT2D eigenvalue weighted by molar-refractivity contribution is 6.04. The van der Waals surface area contributed by atoms with Crippen LogP contribution >= 0.6 is 0 Å². The quantitative estimate of drug-likeness (QED) is 0.807. The Hall–Kier alpha value is -1.95. The molecule has 0 saturated carbocycles. The fourth-order valence-corrected chi connectivity index (χ4v) is 2.05. The minimum Gasteiger partial charge on any atom is -0.478 e. The van der Waals surface area contributed by atoms with Crippen molar-refractivity contribution in [2.75, 3.05) is 13.2 Å². The molecule has 0 amide bonds. The van der Waals surface area contributed by atoms with Gasteiger partial charge in [-0.2, -0.15) is 0 Å². The maximum absolute atomic E-state index is 10.9. The molecule has 0 aromatic carbocycles. The summed E-state index contributed by atoms with van der Waals surface area (Å²) < 4.78 is 5.30. The van der Waals surface area contributed by atoms with Crippen LogP contribution in [0.25, 0.3) is 0 Å². The predicted octanol–water partition coefficient (Wildman–Crippen LogP) is 0.529. The number of aromatic carboxylic acids is 1. The molecule has 2 unspecified atom stereocenters.